The molecule has 28 heavy (non-hydrogen) atoms. The fraction of sp³-hybridized carbons (Fsp3) is 0.286. The van der Waals surface area contributed by atoms with E-state index < -0.39 is 36.2 Å². The van der Waals surface area contributed by atoms with E-state index in [0.29, 0.717) is 5.56 Å². The highest BCUT2D eigenvalue weighted by Crippen LogP contribution is 2.18. The highest BCUT2D eigenvalue weighted by molar-refractivity contribution is 5.90. The van der Waals surface area contributed by atoms with Crippen molar-refractivity contribution in [1.29, 1.82) is 0 Å². The molecule has 3 atom stereocenters. The van der Waals surface area contributed by atoms with Gasteiger partial charge in [-0.3, -0.25) is 0 Å². The summed E-state index contributed by atoms with van der Waals surface area (Å²) in [5, 5.41) is 10.3. The van der Waals surface area contributed by atoms with Crippen molar-refractivity contribution in [3.05, 3.63) is 71.8 Å². The molecule has 0 unspecified atom stereocenters. The van der Waals surface area contributed by atoms with E-state index in [1.165, 1.54) is 12.1 Å². The van der Waals surface area contributed by atoms with E-state index in [0.717, 1.165) is 7.11 Å². The second-order valence-electron chi connectivity index (χ2n) is 5.92. The van der Waals surface area contributed by atoms with E-state index in [1.807, 2.05) is 0 Å². The lowest BCUT2D eigenvalue weighted by atomic mass is 10.0. The topological polar surface area (TPSA) is 99.1 Å². The highest BCUT2D eigenvalue weighted by Gasteiger charge is 2.39. The van der Waals surface area contributed by atoms with Crippen molar-refractivity contribution < 1.29 is 33.7 Å². The van der Waals surface area contributed by atoms with Crippen molar-refractivity contribution in [2.24, 2.45) is 0 Å². The zero-order valence-electron chi connectivity index (χ0n) is 15.6. The monoisotopic (exact) mass is 386 g/mol. The van der Waals surface area contributed by atoms with Crippen LogP contribution in [-0.4, -0.2) is 48.4 Å². The van der Waals surface area contributed by atoms with E-state index >= 15 is 0 Å². The normalized spacial score (nSPS) is 13.7. The largest absolute Gasteiger partial charge is 0.467 e. The summed E-state index contributed by atoms with van der Waals surface area (Å²) in [6.45, 7) is 1.68. The molecule has 0 saturated heterocycles. The number of benzene rings is 2. The molecule has 0 heterocycles. The van der Waals surface area contributed by atoms with Crippen LogP contribution in [0.15, 0.2) is 60.7 Å². The molecule has 0 amide bonds. The maximum absolute atomic E-state index is 12.4. The number of hydrogen-bond acceptors (Lipinski definition) is 7. The van der Waals surface area contributed by atoms with Crippen molar-refractivity contribution in [2.75, 3.05) is 7.11 Å². The van der Waals surface area contributed by atoms with Gasteiger partial charge in [0, 0.05) is 0 Å². The molecule has 148 valence electrons. The van der Waals surface area contributed by atoms with Crippen LogP contribution in [0.3, 0.4) is 0 Å². The molecular formula is C21H22O7. The fourth-order valence-electron chi connectivity index (χ4n) is 2.53. The molecule has 7 heteroatoms. The summed E-state index contributed by atoms with van der Waals surface area (Å²) in [6, 6.07) is 16.3. The minimum atomic E-state index is -1.81. The maximum atomic E-state index is 12.4. The van der Waals surface area contributed by atoms with Gasteiger partial charge < -0.3 is 19.3 Å². The highest BCUT2D eigenvalue weighted by atomic mass is 16.6. The third-order valence-corrected chi connectivity index (χ3v) is 4.04. The lowest BCUT2D eigenvalue weighted by molar-refractivity contribution is -0.162. The van der Waals surface area contributed by atoms with Gasteiger partial charge in [0.05, 0.1) is 18.2 Å². The SMILES string of the molecule is CC[C@H](OC(=O)c1ccccc1)[C@@H](OC(=O)c1ccccc1)[C@@H](O)C(=O)OC. The minimum absolute atomic E-state index is 0.194. The number of hydrogen-bond donors (Lipinski definition) is 1. The van der Waals surface area contributed by atoms with Gasteiger partial charge in [0.2, 0.25) is 0 Å². The number of aliphatic hydroxyl groups is 1. The van der Waals surface area contributed by atoms with Crippen LogP contribution in [-0.2, 0) is 19.0 Å². The Bertz CT molecular complexity index is 789. The number of ether oxygens (including phenoxy) is 3. The molecule has 0 saturated carbocycles. The van der Waals surface area contributed by atoms with E-state index in [-0.39, 0.29) is 12.0 Å². The summed E-state index contributed by atoms with van der Waals surface area (Å²) in [5.74, 6) is -2.42. The summed E-state index contributed by atoms with van der Waals surface area (Å²) in [7, 11) is 1.10. The molecule has 2 aromatic rings. The van der Waals surface area contributed by atoms with Crippen molar-refractivity contribution in [3.8, 4) is 0 Å². The molecule has 0 fully saturated rings. The van der Waals surface area contributed by atoms with Crippen LogP contribution in [0.2, 0.25) is 0 Å². The second-order valence-corrected chi connectivity index (χ2v) is 5.92. The Balaban J connectivity index is 2.23. The zero-order chi connectivity index (χ0) is 20.5. The van der Waals surface area contributed by atoms with Gasteiger partial charge in [-0.2, -0.15) is 0 Å². The molecular weight excluding hydrogens is 364 g/mol. The second kappa shape index (κ2) is 10.2. The van der Waals surface area contributed by atoms with Crippen LogP contribution in [0.4, 0.5) is 0 Å². The summed E-state index contributed by atoms with van der Waals surface area (Å²) in [4.78, 5) is 36.6. The van der Waals surface area contributed by atoms with Crippen LogP contribution in [0, 0.1) is 0 Å². The van der Waals surface area contributed by atoms with Crippen molar-refractivity contribution in [2.45, 2.75) is 31.7 Å². The molecule has 0 aromatic heterocycles. The lowest BCUT2D eigenvalue weighted by Gasteiger charge is -2.28. The molecule has 0 aliphatic rings. The van der Waals surface area contributed by atoms with Gasteiger partial charge in [-0.1, -0.05) is 43.3 Å². The van der Waals surface area contributed by atoms with E-state index in [9.17, 15) is 19.5 Å². The Labute approximate surface area is 162 Å². The molecule has 2 aromatic carbocycles. The summed E-state index contributed by atoms with van der Waals surface area (Å²) < 4.78 is 15.3. The van der Waals surface area contributed by atoms with Gasteiger partial charge in [-0.05, 0) is 30.7 Å². The Morgan fingerprint density at radius 1 is 0.857 bits per heavy atom. The molecule has 7 nitrogen and oxygen atoms in total. The lowest BCUT2D eigenvalue weighted by Crippen LogP contribution is -2.47. The van der Waals surface area contributed by atoms with Crippen LogP contribution >= 0.6 is 0 Å². The smallest absolute Gasteiger partial charge is 0.338 e. The minimum Gasteiger partial charge on any atom is -0.467 e. The van der Waals surface area contributed by atoms with Crippen LogP contribution in [0.1, 0.15) is 34.1 Å². The predicted molar refractivity (Wildman–Crippen MR) is 99.6 cm³/mol. The van der Waals surface area contributed by atoms with E-state index in [1.54, 1.807) is 55.5 Å². The average molecular weight is 386 g/mol. The number of carbonyl (C=O) groups is 3. The van der Waals surface area contributed by atoms with E-state index in [2.05, 4.69) is 4.74 Å². The van der Waals surface area contributed by atoms with Gasteiger partial charge in [0.25, 0.3) is 0 Å². The third-order valence-electron chi connectivity index (χ3n) is 4.04. The molecule has 1 N–H and O–H groups in total. The molecule has 0 radical (unpaired) electrons. The van der Waals surface area contributed by atoms with Gasteiger partial charge in [0.15, 0.2) is 12.2 Å². The van der Waals surface area contributed by atoms with Crippen LogP contribution in [0.25, 0.3) is 0 Å². The number of aliphatic hydroxyl groups excluding tert-OH is 1. The molecule has 0 spiro atoms. The average Bonchev–Trinajstić information content (AvgIpc) is 2.75. The molecule has 2 rings (SSSR count). The summed E-state index contributed by atoms with van der Waals surface area (Å²) in [6.07, 6.45) is -4.11. The first kappa shape index (κ1) is 21.1. The first-order valence-corrected chi connectivity index (χ1v) is 8.75. The van der Waals surface area contributed by atoms with Gasteiger partial charge in [-0.15, -0.1) is 0 Å². The molecule has 0 aliphatic carbocycles. The van der Waals surface area contributed by atoms with Crippen molar-refractivity contribution in [3.63, 3.8) is 0 Å². The van der Waals surface area contributed by atoms with Crippen molar-refractivity contribution >= 4 is 17.9 Å². The Morgan fingerprint density at radius 2 is 1.32 bits per heavy atom. The zero-order valence-corrected chi connectivity index (χ0v) is 15.6. The standard InChI is InChI=1S/C21H22O7/c1-3-16(27-19(23)14-10-6-4-7-11-14)18(17(22)21(25)26-2)28-20(24)15-12-8-5-9-13-15/h4-13,16-18,22H,3H2,1-2H3/t16-,17+,18+/m0/s1. The number of carbonyl (C=O) groups excluding carboxylic acids is 3. The Hall–Kier alpha value is -3.19. The third kappa shape index (κ3) is 5.40. The van der Waals surface area contributed by atoms with Crippen molar-refractivity contribution in [1.82, 2.24) is 0 Å². The molecule has 0 aliphatic heterocycles. The first-order valence-electron chi connectivity index (χ1n) is 8.75. The van der Waals surface area contributed by atoms with E-state index in [4.69, 9.17) is 9.47 Å². The Kier molecular flexibility index (Phi) is 7.71. The molecule has 0 bridgehead atoms. The fourth-order valence-corrected chi connectivity index (χ4v) is 2.53. The first-order chi connectivity index (χ1) is 13.5. The maximum Gasteiger partial charge on any atom is 0.338 e. The quantitative estimate of drug-likeness (QED) is 0.549. The van der Waals surface area contributed by atoms with Gasteiger partial charge in [0.1, 0.15) is 6.10 Å². The van der Waals surface area contributed by atoms with Crippen LogP contribution < -0.4 is 0 Å². The number of esters is 3. The van der Waals surface area contributed by atoms with Gasteiger partial charge in [-0.25, -0.2) is 14.4 Å². The number of methoxy groups -OCH3 is 1. The Morgan fingerprint density at radius 3 is 1.75 bits per heavy atom. The summed E-state index contributed by atoms with van der Waals surface area (Å²) in [5.41, 5.74) is 0.524. The van der Waals surface area contributed by atoms with Gasteiger partial charge >= 0.3 is 17.9 Å². The summed E-state index contributed by atoms with van der Waals surface area (Å²) >= 11 is 0. The van der Waals surface area contributed by atoms with Crippen LogP contribution in [0.5, 0.6) is 0 Å². The predicted octanol–water partition coefficient (Wildman–Crippen LogP) is 2.38. The number of rotatable bonds is 8.